The number of rotatable bonds is 6. The van der Waals surface area contributed by atoms with Crippen LogP contribution in [-0.4, -0.2) is 55.8 Å². The van der Waals surface area contributed by atoms with E-state index >= 15 is 0 Å². The number of hydrogen-bond acceptors (Lipinski definition) is 7. The van der Waals surface area contributed by atoms with Crippen LogP contribution in [0.2, 0.25) is 0 Å². The second kappa shape index (κ2) is 6.92. The van der Waals surface area contributed by atoms with Crippen molar-refractivity contribution in [1.82, 2.24) is 0 Å². The quantitative estimate of drug-likeness (QED) is 0.277. The summed E-state index contributed by atoms with van der Waals surface area (Å²) < 4.78 is 4.68. The third-order valence-electron chi connectivity index (χ3n) is 2.96. The number of carboxylic acid groups (broad SMARTS) is 1. The fourth-order valence-corrected chi connectivity index (χ4v) is 1.48. The highest BCUT2D eigenvalue weighted by atomic mass is 16.6. The lowest BCUT2D eigenvalue weighted by Gasteiger charge is -2.28. The molecule has 0 unspecified atom stereocenters. The third-order valence-corrected chi connectivity index (χ3v) is 2.96. The number of carbonyl (C=O) groups is 2. The van der Waals surface area contributed by atoms with Crippen LogP contribution in [0.1, 0.15) is 12.5 Å². The van der Waals surface area contributed by atoms with Crippen LogP contribution >= 0.6 is 0 Å². The highest BCUT2D eigenvalue weighted by Gasteiger charge is 2.44. The van der Waals surface area contributed by atoms with Crippen LogP contribution in [-0.2, 0) is 14.3 Å². The van der Waals surface area contributed by atoms with Crippen molar-refractivity contribution >= 4 is 18.0 Å². The zero-order valence-electron chi connectivity index (χ0n) is 11.6. The number of aliphatic hydroxyl groups excluding tert-OH is 2. The fraction of sp³-hybridized carbons (Fsp3) is 0.286. The van der Waals surface area contributed by atoms with E-state index in [1.165, 1.54) is 24.3 Å². The second-order valence-electron chi connectivity index (χ2n) is 4.61. The van der Waals surface area contributed by atoms with E-state index in [0.717, 1.165) is 13.0 Å². The number of carbonyl (C=O) groups excluding carboxylic acids is 1. The molecule has 0 radical (unpaired) electrons. The van der Waals surface area contributed by atoms with Gasteiger partial charge in [0.05, 0.1) is 6.61 Å². The Morgan fingerprint density at radius 2 is 1.95 bits per heavy atom. The van der Waals surface area contributed by atoms with E-state index < -0.39 is 30.3 Å². The molecule has 0 amide bonds. The van der Waals surface area contributed by atoms with Gasteiger partial charge in [-0.05, 0) is 30.7 Å². The topological polar surface area (TPSA) is 145 Å². The Morgan fingerprint density at radius 1 is 1.32 bits per heavy atom. The molecular formula is C14H16O8. The number of phenols is 2. The summed E-state index contributed by atoms with van der Waals surface area (Å²) >= 11 is 0. The largest absolute Gasteiger partial charge is 0.504 e. The van der Waals surface area contributed by atoms with Crippen molar-refractivity contribution in [3.63, 3.8) is 0 Å². The first-order chi connectivity index (χ1) is 10.2. The van der Waals surface area contributed by atoms with Gasteiger partial charge in [0.2, 0.25) is 5.60 Å². The molecule has 0 fully saturated rings. The highest BCUT2D eigenvalue weighted by molar-refractivity contribution is 5.90. The van der Waals surface area contributed by atoms with Gasteiger partial charge in [0.25, 0.3) is 0 Å². The van der Waals surface area contributed by atoms with E-state index in [4.69, 9.17) is 15.3 Å². The zero-order valence-corrected chi connectivity index (χ0v) is 11.6. The van der Waals surface area contributed by atoms with Gasteiger partial charge in [-0.2, -0.15) is 0 Å². The molecule has 0 saturated carbocycles. The smallest absolute Gasteiger partial charge is 0.350 e. The van der Waals surface area contributed by atoms with Crippen LogP contribution < -0.4 is 0 Å². The Kier molecular flexibility index (Phi) is 5.50. The number of benzene rings is 1. The second-order valence-corrected chi connectivity index (χ2v) is 4.61. The number of phenolic OH excluding ortho intramolecular Hbond substituents is 2. The maximum absolute atomic E-state index is 11.6. The van der Waals surface area contributed by atoms with Gasteiger partial charge in [0, 0.05) is 6.08 Å². The monoisotopic (exact) mass is 312 g/mol. The lowest BCUT2D eigenvalue weighted by Crippen LogP contribution is -2.51. The molecular weight excluding hydrogens is 296 g/mol. The van der Waals surface area contributed by atoms with Gasteiger partial charge in [0.1, 0.15) is 6.10 Å². The van der Waals surface area contributed by atoms with Crippen molar-refractivity contribution in [2.75, 3.05) is 6.61 Å². The summed E-state index contributed by atoms with van der Waals surface area (Å²) in [5, 5.41) is 45.7. The maximum atomic E-state index is 11.6. The van der Waals surface area contributed by atoms with E-state index in [-0.39, 0.29) is 11.5 Å². The van der Waals surface area contributed by atoms with Crippen molar-refractivity contribution in [2.24, 2.45) is 0 Å². The van der Waals surface area contributed by atoms with Gasteiger partial charge in [0.15, 0.2) is 11.5 Å². The molecule has 0 aliphatic rings. The number of aromatic hydroxyl groups is 2. The number of esters is 1. The molecule has 0 heterocycles. The molecule has 22 heavy (non-hydrogen) atoms. The number of aliphatic hydroxyl groups is 2. The summed E-state index contributed by atoms with van der Waals surface area (Å²) in [5.74, 6) is -3.39. The summed E-state index contributed by atoms with van der Waals surface area (Å²) in [4.78, 5) is 22.7. The summed E-state index contributed by atoms with van der Waals surface area (Å²) in [6, 6.07) is 3.78. The minimum atomic E-state index is -2.30. The Bertz CT molecular complexity index is 595. The third kappa shape index (κ3) is 3.96. The van der Waals surface area contributed by atoms with Crippen molar-refractivity contribution in [1.29, 1.82) is 0 Å². The molecule has 8 nitrogen and oxygen atoms in total. The fourth-order valence-electron chi connectivity index (χ4n) is 1.48. The first-order valence-electron chi connectivity index (χ1n) is 6.16. The predicted octanol–water partition coefficient (Wildman–Crippen LogP) is -0.149. The summed E-state index contributed by atoms with van der Waals surface area (Å²) in [6.45, 7) is 0.0555. The molecule has 0 aliphatic heterocycles. The minimum Gasteiger partial charge on any atom is -0.504 e. The molecule has 5 N–H and O–H groups in total. The van der Waals surface area contributed by atoms with Crippen LogP contribution in [0.3, 0.4) is 0 Å². The van der Waals surface area contributed by atoms with Crippen LogP contribution in [0, 0.1) is 0 Å². The molecule has 1 rings (SSSR count). The Morgan fingerprint density at radius 3 is 2.45 bits per heavy atom. The molecule has 0 spiro atoms. The van der Waals surface area contributed by atoms with E-state index in [1.807, 2.05) is 0 Å². The van der Waals surface area contributed by atoms with Crippen molar-refractivity contribution in [3.05, 3.63) is 29.8 Å². The minimum absolute atomic E-state index is 0.329. The number of aliphatic carboxylic acids is 1. The van der Waals surface area contributed by atoms with Crippen LogP contribution in [0.5, 0.6) is 11.5 Å². The summed E-state index contributed by atoms with van der Waals surface area (Å²) in [6.07, 6.45) is 0.312. The van der Waals surface area contributed by atoms with Crippen molar-refractivity contribution in [3.8, 4) is 11.5 Å². The summed E-state index contributed by atoms with van der Waals surface area (Å²) in [5.41, 5.74) is -1.94. The van der Waals surface area contributed by atoms with Crippen LogP contribution in [0.25, 0.3) is 6.08 Å². The van der Waals surface area contributed by atoms with E-state index in [0.29, 0.717) is 5.56 Å². The predicted molar refractivity (Wildman–Crippen MR) is 74.0 cm³/mol. The molecule has 120 valence electrons. The van der Waals surface area contributed by atoms with Crippen molar-refractivity contribution in [2.45, 2.75) is 18.6 Å². The van der Waals surface area contributed by atoms with Crippen LogP contribution in [0.15, 0.2) is 24.3 Å². The Hall–Kier alpha value is -2.58. The SMILES string of the molecule is C[C@](OC(=O)/C=C/c1ccc(O)c(O)c1)(C(=O)O)[C@H](O)CO. The Labute approximate surface area is 125 Å². The van der Waals surface area contributed by atoms with Gasteiger partial charge in [-0.25, -0.2) is 9.59 Å². The lowest BCUT2D eigenvalue weighted by molar-refractivity contribution is -0.189. The van der Waals surface area contributed by atoms with Gasteiger partial charge in [-0.1, -0.05) is 6.07 Å². The average Bonchev–Trinajstić information content (AvgIpc) is 2.47. The summed E-state index contributed by atoms with van der Waals surface area (Å²) in [7, 11) is 0. The molecule has 8 heteroatoms. The van der Waals surface area contributed by atoms with Gasteiger partial charge >= 0.3 is 11.9 Å². The molecule has 0 aromatic heterocycles. The first kappa shape index (κ1) is 17.5. The standard InChI is InChI=1S/C14H16O8/c1-14(13(20)21,11(18)7-15)22-12(19)5-3-8-2-4-9(16)10(17)6-8/h2-6,11,15-18H,7H2,1H3,(H,20,21)/b5-3+/t11-,14-/m1/s1. The highest BCUT2D eigenvalue weighted by Crippen LogP contribution is 2.25. The molecule has 1 aromatic rings. The van der Waals surface area contributed by atoms with Crippen molar-refractivity contribution < 1.29 is 39.9 Å². The van der Waals surface area contributed by atoms with Gasteiger partial charge in [-0.15, -0.1) is 0 Å². The number of ether oxygens (including phenoxy) is 1. The molecule has 0 bridgehead atoms. The van der Waals surface area contributed by atoms with Gasteiger partial charge < -0.3 is 30.3 Å². The maximum Gasteiger partial charge on any atom is 0.350 e. The molecule has 0 saturated heterocycles. The van der Waals surface area contributed by atoms with Crippen LogP contribution in [0.4, 0.5) is 0 Å². The van der Waals surface area contributed by atoms with E-state index in [9.17, 15) is 19.8 Å². The zero-order chi connectivity index (χ0) is 16.9. The van der Waals surface area contributed by atoms with E-state index in [2.05, 4.69) is 4.74 Å². The van der Waals surface area contributed by atoms with Gasteiger partial charge in [-0.3, -0.25) is 0 Å². The lowest BCUT2D eigenvalue weighted by atomic mass is 10.00. The molecule has 1 aromatic carbocycles. The normalized spacial score (nSPS) is 15.2. The molecule has 2 atom stereocenters. The number of carboxylic acids is 1. The Balaban J connectivity index is 2.85. The van der Waals surface area contributed by atoms with E-state index in [1.54, 1.807) is 0 Å². The average molecular weight is 312 g/mol. The molecule has 0 aliphatic carbocycles. The first-order valence-corrected chi connectivity index (χ1v) is 6.16. The number of hydrogen-bond donors (Lipinski definition) is 5.